The molecule has 4 aromatic carbocycles. The first-order valence-electron chi connectivity index (χ1n) is 10.4. The average Bonchev–Trinajstić information content (AvgIpc) is 2.84. The van der Waals surface area contributed by atoms with Gasteiger partial charge in [-0.25, -0.2) is 0 Å². The van der Waals surface area contributed by atoms with Crippen LogP contribution in [0.25, 0.3) is 23.3 Å². The monoisotopic (exact) mass is 400 g/mol. The fourth-order valence-electron chi connectivity index (χ4n) is 4.36. The fourth-order valence-corrected chi connectivity index (χ4v) is 4.36. The third-order valence-electron chi connectivity index (χ3n) is 5.82. The van der Waals surface area contributed by atoms with Crippen LogP contribution in [0.15, 0.2) is 109 Å². The molecule has 0 aromatic heterocycles. The molecule has 6 rings (SSSR count). The van der Waals surface area contributed by atoms with Crippen molar-refractivity contribution in [3.63, 3.8) is 0 Å². The maximum absolute atomic E-state index is 6.79. The number of hydrogen-bond acceptors (Lipinski definition) is 2. The van der Waals surface area contributed by atoms with E-state index < -0.39 is 5.79 Å². The predicted octanol–water partition coefficient (Wildman–Crippen LogP) is 6.95. The summed E-state index contributed by atoms with van der Waals surface area (Å²) in [6, 6.07) is 36.9. The second-order valence-corrected chi connectivity index (χ2v) is 7.74. The molecule has 0 saturated carbocycles. The number of para-hydroxylation sites is 2. The Labute approximate surface area is 181 Å². The minimum atomic E-state index is -1.09. The van der Waals surface area contributed by atoms with E-state index in [0.717, 1.165) is 44.9 Å². The minimum Gasteiger partial charge on any atom is -0.444 e. The van der Waals surface area contributed by atoms with Gasteiger partial charge in [0.05, 0.1) is 0 Å². The highest BCUT2D eigenvalue weighted by atomic mass is 16.7. The van der Waals surface area contributed by atoms with Crippen molar-refractivity contribution in [2.75, 3.05) is 0 Å². The second-order valence-electron chi connectivity index (χ2n) is 7.74. The molecular weight excluding hydrogens is 380 g/mol. The van der Waals surface area contributed by atoms with Crippen LogP contribution in [0.4, 0.5) is 0 Å². The standard InChI is InChI=1S/C29H20O2/c1-3-11-21(12-4-1)25-19-23-15-7-9-17-27(23)30-29(25)26(22-13-5-2-6-14-22)20-24-16-8-10-18-28(24)31-29/h1-20H. The molecule has 2 aliphatic rings. The molecule has 0 bridgehead atoms. The Kier molecular flexibility index (Phi) is 4.03. The summed E-state index contributed by atoms with van der Waals surface area (Å²) in [6.07, 6.45) is 4.39. The molecule has 0 aliphatic carbocycles. The first-order chi connectivity index (χ1) is 15.3. The number of ether oxygens (including phenoxy) is 2. The largest absolute Gasteiger partial charge is 0.444 e. The van der Waals surface area contributed by atoms with E-state index >= 15 is 0 Å². The SMILES string of the molecule is C1=C(c2ccccc2)C2(Oc3ccccc31)Oc1ccccc1C=C2c1ccccc1. The maximum atomic E-state index is 6.79. The van der Waals surface area contributed by atoms with Crippen molar-refractivity contribution in [1.82, 2.24) is 0 Å². The highest BCUT2D eigenvalue weighted by Crippen LogP contribution is 2.51. The fraction of sp³-hybridized carbons (Fsp3) is 0.0345. The molecule has 148 valence electrons. The third kappa shape index (κ3) is 2.88. The predicted molar refractivity (Wildman–Crippen MR) is 125 cm³/mol. The summed E-state index contributed by atoms with van der Waals surface area (Å²) < 4.78 is 13.6. The summed E-state index contributed by atoms with van der Waals surface area (Å²) in [5, 5.41) is 0. The van der Waals surface area contributed by atoms with Gasteiger partial charge >= 0.3 is 5.79 Å². The molecule has 0 fully saturated rings. The van der Waals surface area contributed by atoms with E-state index in [1.807, 2.05) is 72.8 Å². The van der Waals surface area contributed by atoms with E-state index in [9.17, 15) is 0 Å². The van der Waals surface area contributed by atoms with Gasteiger partial charge in [-0.2, -0.15) is 0 Å². The van der Waals surface area contributed by atoms with Crippen molar-refractivity contribution in [2.45, 2.75) is 5.79 Å². The van der Waals surface area contributed by atoms with Gasteiger partial charge in [-0.3, -0.25) is 0 Å². The highest BCUT2D eigenvalue weighted by Gasteiger charge is 2.49. The minimum absolute atomic E-state index is 0.809. The molecule has 2 heteroatoms. The third-order valence-corrected chi connectivity index (χ3v) is 5.82. The molecule has 2 nitrogen and oxygen atoms in total. The second kappa shape index (κ2) is 7.03. The van der Waals surface area contributed by atoms with Gasteiger partial charge in [0.15, 0.2) is 0 Å². The summed E-state index contributed by atoms with van der Waals surface area (Å²) in [5.41, 5.74) is 6.19. The quantitative estimate of drug-likeness (QED) is 0.362. The van der Waals surface area contributed by atoms with Crippen LogP contribution in [0.2, 0.25) is 0 Å². The van der Waals surface area contributed by atoms with E-state index in [-0.39, 0.29) is 0 Å². The molecule has 0 amide bonds. The molecule has 1 spiro atoms. The highest BCUT2D eigenvalue weighted by molar-refractivity contribution is 6.03. The zero-order chi connectivity index (χ0) is 20.7. The van der Waals surface area contributed by atoms with Crippen LogP contribution in [0.5, 0.6) is 11.5 Å². The molecule has 0 radical (unpaired) electrons. The van der Waals surface area contributed by atoms with Gasteiger partial charge in [-0.1, -0.05) is 97.1 Å². The van der Waals surface area contributed by atoms with Gasteiger partial charge in [-0.15, -0.1) is 0 Å². The van der Waals surface area contributed by atoms with Crippen molar-refractivity contribution in [3.05, 3.63) is 131 Å². The van der Waals surface area contributed by atoms with Crippen molar-refractivity contribution in [1.29, 1.82) is 0 Å². The topological polar surface area (TPSA) is 18.5 Å². The summed E-state index contributed by atoms with van der Waals surface area (Å²) >= 11 is 0. The van der Waals surface area contributed by atoms with Crippen LogP contribution in [0, 0.1) is 0 Å². The number of rotatable bonds is 2. The smallest absolute Gasteiger partial charge is 0.306 e. The Hall–Kier alpha value is -4.04. The van der Waals surface area contributed by atoms with E-state index in [1.165, 1.54) is 0 Å². The molecule has 0 N–H and O–H groups in total. The van der Waals surface area contributed by atoms with E-state index in [2.05, 4.69) is 48.6 Å². The van der Waals surface area contributed by atoms with Crippen LogP contribution >= 0.6 is 0 Å². The van der Waals surface area contributed by atoms with Crippen molar-refractivity contribution >= 4 is 23.3 Å². The number of hydrogen-bond donors (Lipinski definition) is 0. The molecule has 0 atom stereocenters. The van der Waals surface area contributed by atoms with Gasteiger partial charge in [0.1, 0.15) is 11.5 Å². The van der Waals surface area contributed by atoms with E-state index in [4.69, 9.17) is 9.47 Å². The lowest BCUT2D eigenvalue weighted by Gasteiger charge is -2.43. The van der Waals surface area contributed by atoms with Crippen LogP contribution in [0.1, 0.15) is 22.3 Å². The summed E-state index contributed by atoms with van der Waals surface area (Å²) in [4.78, 5) is 0. The molecule has 0 saturated heterocycles. The Morgan fingerprint density at radius 2 is 0.806 bits per heavy atom. The van der Waals surface area contributed by atoms with Crippen LogP contribution in [0.3, 0.4) is 0 Å². The van der Waals surface area contributed by atoms with Gasteiger partial charge in [0, 0.05) is 22.3 Å². The van der Waals surface area contributed by atoms with Crippen LogP contribution < -0.4 is 9.47 Å². The van der Waals surface area contributed by atoms with Crippen molar-refractivity contribution < 1.29 is 9.47 Å². The molecular formula is C29H20O2. The van der Waals surface area contributed by atoms with Gasteiger partial charge < -0.3 is 9.47 Å². The lowest BCUT2D eigenvalue weighted by molar-refractivity contribution is -0.0117. The first-order valence-corrected chi connectivity index (χ1v) is 10.4. The maximum Gasteiger partial charge on any atom is 0.306 e. The number of benzene rings is 4. The Bertz CT molecular complexity index is 1210. The normalized spacial score (nSPS) is 15.6. The lowest BCUT2D eigenvalue weighted by atomic mass is 9.82. The van der Waals surface area contributed by atoms with Gasteiger partial charge in [0.25, 0.3) is 0 Å². The van der Waals surface area contributed by atoms with E-state index in [1.54, 1.807) is 0 Å². The Morgan fingerprint density at radius 1 is 0.419 bits per heavy atom. The first kappa shape index (κ1) is 17.8. The lowest BCUT2D eigenvalue weighted by Crippen LogP contribution is -2.47. The molecule has 0 unspecified atom stereocenters. The van der Waals surface area contributed by atoms with Crippen molar-refractivity contribution in [3.8, 4) is 11.5 Å². The molecule has 4 aromatic rings. The Morgan fingerprint density at radius 3 is 1.26 bits per heavy atom. The van der Waals surface area contributed by atoms with Gasteiger partial charge in [-0.05, 0) is 35.4 Å². The van der Waals surface area contributed by atoms with Crippen LogP contribution in [-0.4, -0.2) is 5.79 Å². The number of fused-ring (bicyclic) bond motifs is 2. The summed E-state index contributed by atoms with van der Waals surface area (Å²) in [7, 11) is 0. The Balaban J connectivity index is 1.66. The van der Waals surface area contributed by atoms with Crippen molar-refractivity contribution in [2.24, 2.45) is 0 Å². The zero-order valence-corrected chi connectivity index (χ0v) is 16.9. The summed E-state index contributed by atoms with van der Waals surface area (Å²) in [5.74, 6) is 0.526. The zero-order valence-electron chi connectivity index (χ0n) is 16.9. The molecule has 2 heterocycles. The van der Waals surface area contributed by atoms with E-state index in [0.29, 0.717) is 0 Å². The molecule has 2 aliphatic heterocycles. The average molecular weight is 400 g/mol. The van der Waals surface area contributed by atoms with Crippen LogP contribution in [-0.2, 0) is 0 Å². The molecule has 31 heavy (non-hydrogen) atoms. The van der Waals surface area contributed by atoms with Gasteiger partial charge in [0.2, 0.25) is 0 Å². The summed E-state index contributed by atoms with van der Waals surface area (Å²) in [6.45, 7) is 0.